The minimum absolute atomic E-state index is 0.159. The van der Waals surface area contributed by atoms with Crippen molar-refractivity contribution in [1.29, 1.82) is 0 Å². The number of amides is 1. The van der Waals surface area contributed by atoms with Crippen molar-refractivity contribution in [2.45, 2.75) is 19.4 Å². The first kappa shape index (κ1) is 16.6. The van der Waals surface area contributed by atoms with Gasteiger partial charge in [-0.3, -0.25) is 14.4 Å². The lowest BCUT2D eigenvalue weighted by Crippen LogP contribution is -2.34. The Bertz CT molecular complexity index is 1090. The molecule has 0 bridgehead atoms. The van der Waals surface area contributed by atoms with Crippen LogP contribution in [0.2, 0.25) is 0 Å². The van der Waals surface area contributed by atoms with E-state index in [0.29, 0.717) is 23.6 Å². The second-order valence-corrected chi connectivity index (χ2v) is 8.37. The lowest BCUT2D eigenvalue weighted by Gasteiger charge is -2.21. The number of fused-ring (bicyclic) bond motifs is 2. The van der Waals surface area contributed by atoms with E-state index in [1.807, 2.05) is 31.2 Å². The molecule has 0 saturated heterocycles. The Morgan fingerprint density at radius 3 is 2.77 bits per heavy atom. The number of carbonyl (C=O) groups excluding carboxylic acids is 1. The molecule has 1 aliphatic rings. The van der Waals surface area contributed by atoms with E-state index in [0.717, 1.165) is 16.6 Å². The number of aromatic nitrogens is 2. The number of H-pyrrole nitrogens is 1. The summed E-state index contributed by atoms with van der Waals surface area (Å²) >= 11 is 0. The highest BCUT2D eigenvalue weighted by Crippen LogP contribution is 2.34. The van der Waals surface area contributed by atoms with Gasteiger partial charge in [-0.2, -0.15) is 0 Å². The third kappa shape index (κ3) is 2.82. The molecule has 1 aromatic heterocycles. The van der Waals surface area contributed by atoms with Crippen molar-refractivity contribution >= 4 is 38.6 Å². The molecule has 0 saturated carbocycles. The average molecular weight is 370 g/mol. The molecule has 26 heavy (non-hydrogen) atoms. The fraction of sp³-hybridized carbons (Fsp3) is 0.222. The minimum atomic E-state index is -3.34. The summed E-state index contributed by atoms with van der Waals surface area (Å²) in [5.74, 6) is 0.0835. The molecule has 2 N–H and O–H groups in total. The maximum Gasteiger partial charge on any atom is 0.257 e. The predicted molar refractivity (Wildman–Crippen MR) is 101 cm³/mol. The fourth-order valence-electron chi connectivity index (χ4n) is 3.44. The first-order valence-corrected chi connectivity index (χ1v) is 10.1. The molecule has 1 amide bonds. The average Bonchev–Trinajstić information content (AvgIpc) is 3.12. The molecule has 4 rings (SSSR count). The maximum absolute atomic E-state index is 12.5. The van der Waals surface area contributed by atoms with Crippen LogP contribution in [0.25, 0.3) is 11.0 Å². The van der Waals surface area contributed by atoms with Gasteiger partial charge in [-0.25, -0.2) is 13.4 Å². The van der Waals surface area contributed by atoms with E-state index in [4.69, 9.17) is 0 Å². The van der Waals surface area contributed by atoms with Crippen LogP contribution in [0.1, 0.15) is 22.8 Å². The van der Waals surface area contributed by atoms with Gasteiger partial charge in [-0.05, 0) is 49.2 Å². The van der Waals surface area contributed by atoms with E-state index < -0.39 is 10.0 Å². The molecule has 1 atom stereocenters. The summed E-state index contributed by atoms with van der Waals surface area (Å²) in [7, 11) is -3.34. The van der Waals surface area contributed by atoms with E-state index in [1.165, 1.54) is 10.6 Å². The normalized spacial score (nSPS) is 16.7. The van der Waals surface area contributed by atoms with Crippen LogP contribution in [0.5, 0.6) is 0 Å². The number of nitrogens with zero attached hydrogens (tertiary/aromatic N) is 2. The van der Waals surface area contributed by atoms with Crippen LogP contribution in [0, 0.1) is 0 Å². The number of anilines is 2. The minimum Gasteiger partial charge on any atom is -0.324 e. The van der Waals surface area contributed by atoms with E-state index in [-0.39, 0.29) is 11.9 Å². The van der Waals surface area contributed by atoms with E-state index in [1.54, 1.807) is 18.2 Å². The maximum atomic E-state index is 12.5. The highest BCUT2D eigenvalue weighted by molar-refractivity contribution is 7.92. The van der Waals surface area contributed by atoms with E-state index in [9.17, 15) is 13.2 Å². The number of nitrogens with one attached hydrogen (secondary N) is 2. The Balaban J connectivity index is 1.61. The van der Waals surface area contributed by atoms with Crippen LogP contribution in [0.4, 0.5) is 11.6 Å². The first-order valence-electron chi connectivity index (χ1n) is 8.21. The van der Waals surface area contributed by atoms with Crippen molar-refractivity contribution in [3.05, 3.63) is 53.6 Å². The molecular weight excluding hydrogens is 352 g/mol. The zero-order valence-corrected chi connectivity index (χ0v) is 15.2. The molecule has 0 aliphatic carbocycles. The number of sulfonamides is 1. The predicted octanol–water partition coefficient (Wildman–Crippen LogP) is 2.53. The van der Waals surface area contributed by atoms with Crippen LogP contribution >= 0.6 is 0 Å². The number of para-hydroxylation sites is 2. The Hall–Kier alpha value is -2.87. The number of imidazole rings is 1. The number of benzene rings is 2. The van der Waals surface area contributed by atoms with E-state index >= 15 is 0 Å². The molecule has 1 aliphatic heterocycles. The summed E-state index contributed by atoms with van der Waals surface area (Å²) in [5.41, 5.74) is 3.57. The van der Waals surface area contributed by atoms with Crippen molar-refractivity contribution in [3.63, 3.8) is 0 Å². The smallest absolute Gasteiger partial charge is 0.257 e. The molecule has 8 heteroatoms. The van der Waals surface area contributed by atoms with Gasteiger partial charge in [0.2, 0.25) is 16.0 Å². The lowest BCUT2D eigenvalue weighted by atomic mass is 10.1. The second kappa shape index (κ2) is 5.84. The molecule has 0 fully saturated rings. The summed E-state index contributed by atoms with van der Waals surface area (Å²) in [5, 5.41) is 2.75. The highest BCUT2D eigenvalue weighted by atomic mass is 32.2. The zero-order chi connectivity index (χ0) is 18.5. The highest BCUT2D eigenvalue weighted by Gasteiger charge is 2.32. The van der Waals surface area contributed by atoms with Crippen molar-refractivity contribution in [1.82, 2.24) is 9.97 Å². The van der Waals surface area contributed by atoms with Gasteiger partial charge >= 0.3 is 0 Å². The number of carbonyl (C=O) groups is 1. The molecule has 7 nitrogen and oxygen atoms in total. The first-order chi connectivity index (χ1) is 12.3. The number of rotatable bonds is 3. The summed E-state index contributed by atoms with van der Waals surface area (Å²) in [6.07, 6.45) is 1.77. The molecular formula is C18H18N4O3S. The Morgan fingerprint density at radius 2 is 2.04 bits per heavy atom. The summed E-state index contributed by atoms with van der Waals surface area (Å²) < 4.78 is 25.4. The van der Waals surface area contributed by atoms with Gasteiger partial charge in [0.05, 0.1) is 23.0 Å². The molecule has 0 radical (unpaired) electrons. The van der Waals surface area contributed by atoms with Crippen molar-refractivity contribution in [3.8, 4) is 0 Å². The second-order valence-electron chi connectivity index (χ2n) is 6.51. The summed E-state index contributed by atoms with van der Waals surface area (Å²) in [4.78, 5) is 19.9. The zero-order valence-electron chi connectivity index (χ0n) is 14.4. The summed E-state index contributed by atoms with van der Waals surface area (Å²) in [6.45, 7) is 1.86. The van der Waals surface area contributed by atoms with Gasteiger partial charge < -0.3 is 4.98 Å². The fourth-order valence-corrected chi connectivity index (χ4v) is 4.70. The quantitative estimate of drug-likeness (QED) is 0.741. The third-order valence-electron chi connectivity index (χ3n) is 4.47. The van der Waals surface area contributed by atoms with E-state index in [2.05, 4.69) is 15.3 Å². The van der Waals surface area contributed by atoms with Gasteiger partial charge in [-0.1, -0.05) is 12.1 Å². The van der Waals surface area contributed by atoms with Crippen LogP contribution in [0.15, 0.2) is 42.5 Å². The van der Waals surface area contributed by atoms with Gasteiger partial charge in [-0.15, -0.1) is 0 Å². The molecule has 3 aromatic rings. The Morgan fingerprint density at radius 1 is 1.27 bits per heavy atom. The van der Waals surface area contributed by atoms with Gasteiger partial charge in [0.1, 0.15) is 0 Å². The van der Waals surface area contributed by atoms with Crippen molar-refractivity contribution < 1.29 is 13.2 Å². The number of hydrogen-bond donors (Lipinski definition) is 2. The SMILES string of the molecule is CC1Cc2cc(C(=O)Nc3nc4ccccc4[nH]3)ccc2N1S(C)(=O)=O. The van der Waals surface area contributed by atoms with Crippen LogP contribution in [0.3, 0.4) is 0 Å². The van der Waals surface area contributed by atoms with Gasteiger partial charge in [0.25, 0.3) is 5.91 Å². The standard InChI is InChI=1S/C18H18N4O3S/c1-11-9-13-10-12(7-8-16(13)22(11)26(2,24)25)17(23)21-18-19-14-5-3-4-6-15(14)20-18/h3-8,10-11H,9H2,1-2H3,(H2,19,20,21,23). The number of aromatic amines is 1. The van der Waals surface area contributed by atoms with Gasteiger partial charge in [0.15, 0.2) is 0 Å². The van der Waals surface area contributed by atoms with Crippen LogP contribution in [-0.4, -0.2) is 36.6 Å². The largest absolute Gasteiger partial charge is 0.324 e. The molecule has 2 heterocycles. The lowest BCUT2D eigenvalue weighted by molar-refractivity contribution is 0.102. The van der Waals surface area contributed by atoms with Crippen LogP contribution in [-0.2, 0) is 16.4 Å². The van der Waals surface area contributed by atoms with Crippen LogP contribution < -0.4 is 9.62 Å². The monoisotopic (exact) mass is 370 g/mol. The third-order valence-corrected chi connectivity index (χ3v) is 5.74. The van der Waals surface area contributed by atoms with Crippen molar-refractivity contribution in [2.75, 3.05) is 15.9 Å². The van der Waals surface area contributed by atoms with Gasteiger partial charge in [0, 0.05) is 11.6 Å². The molecule has 0 spiro atoms. The molecule has 134 valence electrons. The topological polar surface area (TPSA) is 95.2 Å². The number of hydrogen-bond acceptors (Lipinski definition) is 4. The summed E-state index contributed by atoms with van der Waals surface area (Å²) in [6, 6.07) is 12.4. The molecule has 2 aromatic carbocycles. The Labute approximate surface area is 151 Å². The Kier molecular flexibility index (Phi) is 3.73. The molecule has 1 unspecified atom stereocenters. The van der Waals surface area contributed by atoms with Crippen molar-refractivity contribution in [2.24, 2.45) is 0 Å².